The molecule has 0 radical (unpaired) electrons. The zero-order valence-electron chi connectivity index (χ0n) is 13.5. The van der Waals surface area contributed by atoms with Gasteiger partial charge in [0.2, 0.25) is 5.95 Å². The highest BCUT2D eigenvalue weighted by atomic mass is 79.9. The van der Waals surface area contributed by atoms with Gasteiger partial charge in [0.25, 0.3) is 0 Å². The number of aryl methyl sites for hydroxylation is 2. The second-order valence-corrected chi connectivity index (χ2v) is 6.36. The Morgan fingerprint density at radius 1 is 1.17 bits per heavy atom. The van der Waals surface area contributed by atoms with E-state index in [4.69, 9.17) is 4.74 Å². The highest BCUT2D eigenvalue weighted by Crippen LogP contribution is 2.25. The molecule has 0 fully saturated rings. The zero-order valence-corrected chi connectivity index (χ0v) is 15.1. The van der Waals surface area contributed by atoms with Crippen LogP contribution in [0, 0.1) is 6.92 Å². The van der Waals surface area contributed by atoms with Crippen molar-refractivity contribution in [3.63, 3.8) is 0 Å². The fourth-order valence-corrected chi connectivity index (χ4v) is 2.72. The Kier molecular flexibility index (Phi) is 5.10. The third-order valence-electron chi connectivity index (χ3n) is 3.72. The molecular formula is C17H18BrN5O. The molecule has 6 nitrogen and oxygen atoms in total. The third kappa shape index (κ3) is 3.91. The standard InChI is InChI=1S/C17H18BrN5O/c1-12-5-3-4-6-13(12)11-24-16-8-7-15(18)9-14(16)10-19-17-20-21-22-23(17)2/h3-9H,10-11H2,1-2H3,(H,19,20,22). The Morgan fingerprint density at radius 2 is 2.00 bits per heavy atom. The molecule has 124 valence electrons. The maximum absolute atomic E-state index is 6.04. The van der Waals surface area contributed by atoms with Crippen LogP contribution in [0.4, 0.5) is 5.95 Å². The topological polar surface area (TPSA) is 64.9 Å². The maximum Gasteiger partial charge on any atom is 0.242 e. The number of ether oxygens (including phenoxy) is 1. The molecule has 1 N–H and O–H groups in total. The summed E-state index contributed by atoms with van der Waals surface area (Å²) in [4.78, 5) is 0. The van der Waals surface area contributed by atoms with Crippen LogP contribution in [-0.4, -0.2) is 20.2 Å². The second-order valence-electron chi connectivity index (χ2n) is 5.45. The number of nitrogens with zero attached hydrogens (tertiary/aromatic N) is 4. The van der Waals surface area contributed by atoms with Crippen molar-refractivity contribution in [2.45, 2.75) is 20.1 Å². The molecule has 0 saturated carbocycles. The van der Waals surface area contributed by atoms with Gasteiger partial charge >= 0.3 is 0 Å². The van der Waals surface area contributed by atoms with E-state index in [2.05, 4.69) is 55.8 Å². The summed E-state index contributed by atoms with van der Waals surface area (Å²) in [6, 6.07) is 14.2. The number of anilines is 1. The lowest BCUT2D eigenvalue weighted by Crippen LogP contribution is -2.08. The van der Waals surface area contributed by atoms with E-state index in [0.29, 0.717) is 19.1 Å². The van der Waals surface area contributed by atoms with E-state index in [9.17, 15) is 0 Å². The van der Waals surface area contributed by atoms with E-state index in [1.807, 2.05) is 30.3 Å². The Labute approximate surface area is 149 Å². The molecule has 0 aliphatic rings. The van der Waals surface area contributed by atoms with Gasteiger partial charge in [0, 0.05) is 23.6 Å². The van der Waals surface area contributed by atoms with Crippen LogP contribution in [0.25, 0.3) is 0 Å². The highest BCUT2D eigenvalue weighted by Gasteiger charge is 2.08. The molecule has 0 saturated heterocycles. The van der Waals surface area contributed by atoms with Crippen LogP contribution in [0.3, 0.4) is 0 Å². The number of hydrogen-bond acceptors (Lipinski definition) is 5. The summed E-state index contributed by atoms with van der Waals surface area (Å²) in [5.41, 5.74) is 3.43. The molecule has 0 aliphatic heterocycles. The fourth-order valence-electron chi connectivity index (χ4n) is 2.31. The van der Waals surface area contributed by atoms with E-state index < -0.39 is 0 Å². The third-order valence-corrected chi connectivity index (χ3v) is 4.22. The number of tetrazole rings is 1. The summed E-state index contributed by atoms with van der Waals surface area (Å²) < 4.78 is 8.63. The minimum atomic E-state index is 0.535. The van der Waals surface area contributed by atoms with Crippen LogP contribution in [0.15, 0.2) is 46.9 Å². The van der Waals surface area contributed by atoms with Crippen molar-refractivity contribution < 1.29 is 4.74 Å². The van der Waals surface area contributed by atoms with E-state index in [-0.39, 0.29) is 0 Å². The summed E-state index contributed by atoms with van der Waals surface area (Å²) in [7, 11) is 1.79. The first kappa shape index (κ1) is 16.4. The predicted molar refractivity (Wildman–Crippen MR) is 95.8 cm³/mol. The summed E-state index contributed by atoms with van der Waals surface area (Å²) >= 11 is 3.51. The number of halogens is 1. The number of benzene rings is 2. The lowest BCUT2D eigenvalue weighted by Gasteiger charge is -2.14. The Bertz CT molecular complexity index is 833. The van der Waals surface area contributed by atoms with Crippen molar-refractivity contribution in [3.8, 4) is 5.75 Å². The number of rotatable bonds is 6. The van der Waals surface area contributed by atoms with E-state index in [1.54, 1.807) is 11.7 Å². The van der Waals surface area contributed by atoms with Gasteiger partial charge in [-0.15, -0.1) is 0 Å². The molecule has 1 heterocycles. The lowest BCUT2D eigenvalue weighted by atomic mass is 10.1. The van der Waals surface area contributed by atoms with Crippen molar-refractivity contribution in [1.82, 2.24) is 20.2 Å². The van der Waals surface area contributed by atoms with Gasteiger partial charge in [-0.2, -0.15) is 0 Å². The quantitative estimate of drug-likeness (QED) is 0.701. The maximum atomic E-state index is 6.04. The van der Waals surface area contributed by atoms with E-state index >= 15 is 0 Å². The normalized spacial score (nSPS) is 10.6. The van der Waals surface area contributed by atoms with Crippen molar-refractivity contribution in [1.29, 1.82) is 0 Å². The highest BCUT2D eigenvalue weighted by molar-refractivity contribution is 9.10. The summed E-state index contributed by atoms with van der Waals surface area (Å²) in [6.45, 7) is 3.19. The van der Waals surface area contributed by atoms with Crippen LogP contribution in [0.2, 0.25) is 0 Å². The molecule has 24 heavy (non-hydrogen) atoms. The molecule has 3 rings (SSSR count). The predicted octanol–water partition coefficient (Wildman–Crippen LogP) is 3.47. The summed E-state index contributed by atoms with van der Waals surface area (Å²) in [6.07, 6.45) is 0. The molecule has 0 atom stereocenters. The van der Waals surface area contributed by atoms with Crippen molar-refractivity contribution in [2.24, 2.45) is 7.05 Å². The van der Waals surface area contributed by atoms with Gasteiger partial charge in [0.1, 0.15) is 12.4 Å². The first-order chi connectivity index (χ1) is 11.6. The van der Waals surface area contributed by atoms with Crippen LogP contribution >= 0.6 is 15.9 Å². The summed E-state index contributed by atoms with van der Waals surface area (Å²) in [5, 5.41) is 14.6. The van der Waals surface area contributed by atoms with E-state index in [1.165, 1.54) is 11.1 Å². The SMILES string of the molecule is Cc1ccccc1COc1ccc(Br)cc1CNc1nnnn1C. The molecule has 1 aromatic heterocycles. The lowest BCUT2D eigenvalue weighted by molar-refractivity contribution is 0.302. The molecule has 3 aromatic rings. The molecule has 0 spiro atoms. The average molecular weight is 388 g/mol. The minimum Gasteiger partial charge on any atom is -0.489 e. The zero-order chi connectivity index (χ0) is 16.9. The van der Waals surface area contributed by atoms with Crippen LogP contribution in [-0.2, 0) is 20.2 Å². The summed E-state index contributed by atoms with van der Waals surface area (Å²) in [5.74, 6) is 1.45. The second kappa shape index (κ2) is 7.44. The fraction of sp³-hybridized carbons (Fsp3) is 0.235. The number of hydrogen-bond donors (Lipinski definition) is 1. The molecule has 0 bridgehead atoms. The van der Waals surface area contributed by atoms with Crippen molar-refractivity contribution >= 4 is 21.9 Å². The molecule has 2 aromatic carbocycles. The van der Waals surface area contributed by atoms with Gasteiger partial charge in [-0.05, 0) is 46.7 Å². The molecule has 0 amide bonds. The van der Waals surface area contributed by atoms with Gasteiger partial charge in [-0.25, -0.2) is 4.68 Å². The van der Waals surface area contributed by atoms with Crippen molar-refractivity contribution in [3.05, 3.63) is 63.6 Å². The van der Waals surface area contributed by atoms with Gasteiger partial charge in [-0.3, -0.25) is 0 Å². The van der Waals surface area contributed by atoms with Gasteiger partial charge in [0.05, 0.1) is 0 Å². The van der Waals surface area contributed by atoms with Crippen LogP contribution in [0.1, 0.15) is 16.7 Å². The molecule has 7 heteroatoms. The smallest absolute Gasteiger partial charge is 0.242 e. The van der Waals surface area contributed by atoms with Crippen LogP contribution < -0.4 is 10.1 Å². The number of aromatic nitrogens is 4. The first-order valence-corrected chi connectivity index (χ1v) is 8.35. The largest absolute Gasteiger partial charge is 0.489 e. The Balaban J connectivity index is 1.73. The molecular weight excluding hydrogens is 370 g/mol. The molecule has 0 aliphatic carbocycles. The molecule has 0 unspecified atom stereocenters. The monoisotopic (exact) mass is 387 g/mol. The van der Waals surface area contributed by atoms with E-state index in [0.717, 1.165) is 15.8 Å². The van der Waals surface area contributed by atoms with Gasteiger partial charge < -0.3 is 10.1 Å². The van der Waals surface area contributed by atoms with Gasteiger partial charge in [0.15, 0.2) is 0 Å². The van der Waals surface area contributed by atoms with Gasteiger partial charge in [-0.1, -0.05) is 45.3 Å². The average Bonchev–Trinajstić information content (AvgIpc) is 2.98. The van der Waals surface area contributed by atoms with Crippen molar-refractivity contribution in [2.75, 3.05) is 5.32 Å². The Morgan fingerprint density at radius 3 is 2.75 bits per heavy atom. The first-order valence-electron chi connectivity index (χ1n) is 7.55. The number of nitrogens with one attached hydrogen (secondary N) is 1. The Hall–Kier alpha value is -2.41. The van der Waals surface area contributed by atoms with Crippen LogP contribution in [0.5, 0.6) is 5.75 Å². The minimum absolute atomic E-state index is 0.535.